The van der Waals surface area contributed by atoms with Crippen LogP contribution in [0.1, 0.15) is 106 Å². The van der Waals surface area contributed by atoms with Gasteiger partial charge in [-0.25, -0.2) is 16.8 Å². The molecule has 0 aromatic carbocycles. The second-order valence-electron chi connectivity index (χ2n) is 26.3. The Bertz CT molecular complexity index is 2840. The average molecular weight is 1390 g/mol. The van der Waals surface area contributed by atoms with Crippen molar-refractivity contribution in [3.8, 4) is 0 Å². The Hall–Kier alpha value is 0.910. The Morgan fingerprint density at radius 2 is 1.27 bits per heavy atom. The molecule has 91 heavy (non-hydrogen) atoms. The SMILES string of the molecule is C=C(C)CCC[C@]1(C)OC(=O)[C@]23CC=C4[C@@H](CC[C@H]5C(C)(C)[C@@H](O[C@@H]6OC[C@@H](OS(=O)(=O)[O-])[C@H](O)[C@H]6O[C@@H]6O[C@H](C)[C@@H](O[C@@H]7O[C@H](COS(=O)(=O)[O-])[C@@H](O)[C@H](O[C@@H]8O[C@H](COS([O-])(O)O)[C@@H](O)[C@H](OC)[C@H]8O)[C@H]7O)[C@H](O)[C@H]6O)CC[C@]45C)[C@]2(C)CC(=O)[C@@H]31.[Na+].[Na+].[Na+]. The predicted molar refractivity (Wildman–Crippen MR) is 290 cm³/mol. The zero-order valence-corrected chi connectivity index (χ0v) is 61.2. The molecule has 4 aliphatic carbocycles. The molecule has 27 atom stereocenters. The van der Waals surface area contributed by atoms with Gasteiger partial charge in [-0.3, -0.25) is 22.1 Å². The fourth-order valence-electron chi connectivity index (χ4n) is 16.3. The molecule has 9 aliphatic rings. The van der Waals surface area contributed by atoms with E-state index >= 15 is 0 Å². The number of Topliss-reactive ketones (excluding diaryl/α,β-unsaturated/α-hetero) is 1. The molecule has 9 rings (SSSR count). The smallest absolute Gasteiger partial charge is 0.751 e. The molecule has 5 aliphatic heterocycles. The molecule has 0 amide bonds. The third-order valence-electron chi connectivity index (χ3n) is 20.5. The first-order valence-electron chi connectivity index (χ1n) is 29.2. The van der Waals surface area contributed by atoms with Crippen molar-refractivity contribution in [1.29, 1.82) is 0 Å². The zero-order chi connectivity index (χ0) is 65.0. The number of hydrogen-bond donors (Lipinski definition) is 9. The summed E-state index contributed by atoms with van der Waals surface area (Å²) in [5.41, 5.74) is -1.70. The Kier molecular flexibility index (Phi) is 26.9. The van der Waals surface area contributed by atoms with Gasteiger partial charge in [-0.05, 0) is 100 Å². The molecule has 506 valence electrons. The monoisotopic (exact) mass is 1390 g/mol. The molecule has 0 aromatic heterocycles. The van der Waals surface area contributed by atoms with E-state index in [2.05, 4.69) is 39.1 Å². The summed E-state index contributed by atoms with van der Waals surface area (Å²) in [5, 5.41) is 80.1. The van der Waals surface area contributed by atoms with Crippen LogP contribution >= 0.6 is 11.2 Å². The quantitative estimate of drug-likeness (QED) is 0.0129. The van der Waals surface area contributed by atoms with Crippen LogP contribution < -0.4 is 88.7 Å². The number of cyclic esters (lactones) is 1. The molecule has 31 nitrogen and oxygen atoms in total. The van der Waals surface area contributed by atoms with Crippen LogP contribution in [0.2, 0.25) is 0 Å². The van der Waals surface area contributed by atoms with Crippen molar-refractivity contribution in [1.82, 2.24) is 0 Å². The van der Waals surface area contributed by atoms with E-state index in [9.17, 15) is 84.9 Å². The summed E-state index contributed by atoms with van der Waals surface area (Å²) in [4.78, 5) is 28.7. The van der Waals surface area contributed by atoms with Crippen LogP contribution in [-0.2, 0) is 90.3 Å². The van der Waals surface area contributed by atoms with Gasteiger partial charge in [-0.15, -0.1) is 6.58 Å². The van der Waals surface area contributed by atoms with Crippen LogP contribution in [0, 0.1) is 39.4 Å². The summed E-state index contributed by atoms with van der Waals surface area (Å²) in [5.74, 6) is -1.10. The number of carbonyl (C=O) groups excluding carboxylic acids is 2. The van der Waals surface area contributed by atoms with E-state index in [0.717, 1.165) is 25.5 Å². The number of rotatable bonds is 21. The van der Waals surface area contributed by atoms with Gasteiger partial charge in [0.1, 0.15) is 96.8 Å². The van der Waals surface area contributed by atoms with Gasteiger partial charge in [-0.2, -0.15) is 0 Å². The van der Waals surface area contributed by atoms with Crippen LogP contribution in [-0.4, -0.2) is 242 Å². The molecule has 3 saturated carbocycles. The van der Waals surface area contributed by atoms with Crippen molar-refractivity contribution in [2.75, 3.05) is 26.9 Å². The summed E-state index contributed by atoms with van der Waals surface area (Å²) in [6.45, 7) is 14.4. The molecule has 8 fully saturated rings. The van der Waals surface area contributed by atoms with Crippen molar-refractivity contribution in [2.45, 2.75) is 235 Å². The van der Waals surface area contributed by atoms with Crippen molar-refractivity contribution in [3.05, 3.63) is 23.8 Å². The predicted octanol–water partition coefficient (Wildman–Crippen LogP) is -9.41. The maximum atomic E-state index is 14.4. The van der Waals surface area contributed by atoms with Gasteiger partial charge in [0.2, 0.25) is 20.8 Å². The van der Waals surface area contributed by atoms with Gasteiger partial charge >= 0.3 is 94.6 Å². The molecule has 0 unspecified atom stereocenters. The van der Waals surface area contributed by atoms with E-state index in [-0.39, 0.29) is 119 Å². The van der Waals surface area contributed by atoms with E-state index in [1.165, 1.54) is 12.5 Å². The summed E-state index contributed by atoms with van der Waals surface area (Å²) >= 11 is -4.88. The number of aliphatic hydroxyl groups excluding tert-OH is 7. The minimum atomic E-state index is -5.50. The normalized spacial score (nSPS) is 45.7. The Balaban J connectivity index is 0.00000439. The molecule has 5 saturated heterocycles. The van der Waals surface area contributed by atoms with Crippen LogP contribution in [0.4, 0.5) is 0 Å². The van der Waals surface area contributed by atoms with E-state index in [0.29, 0.717) is 38.5 Å². The van der Waals surface area contributed by atoms with E-state index in [1.54, 1.807) is 0 Å². The van der Waals surface area contributed by atoms with E-state index in [4.69, 9.17) is 47.4 Å². The number of methoxy groups -OCH3 is 1. The molecule has 5 heterocycles. The number of carbonyl (C=O) groups is 2. The fraction of sp³-hybridized carbons (Fsp3) is 0.889. The number of allylic oxidation sites excluding steroid dienone is 3. The summed E-state index contributed by atoms with van der Waals surface area (Å²) < 4.78 is 173. The molecular weight excluding hydrogens is 1310 g/mol. The first kappa shape index (κ1) is 80.9. The third-order valence-corrected chi connectivity index (χ3v) is 21.8. The van der Waals surface area contributed by atoms with Crippen LogP contribution in [0.5, 0.6) is 0 Å². The standard InChI is InChI=1S/C54H86O31S3.3Na/c1-23(2)11-10-16-53(8)44-27(55)19-52(7)26-12-13-31-50(4,5)32(15-17-51(31,6)25(26)14-18-54(44,52)49(63)84-53)80-48-43(35(58)30(20-74-48)85-88(70,71)72)83-45-37(60)36(59)40(24(3)77-45)81-47-39(62)42(34(57)29(79-47)22-76-87(67,68)69)82-46-38(61)41(73-9)33(56)28(78-46)21-75-86(64,65)66;;;/h14,24,26,28-48,56-62,64-66H,1,10-13,15-22H2,2-9H3,(H,67,68,69)(H,70,71,72);;;/q;3*+1/p-3/t24-,26-,28-,29-,30-,31+,32+,33-,34-,35+,36-,37-,38-,39-,40-,41+,42+,43-,44-,45+,46+,47+,48+,51-,52+,53+,54-;;;/m1.../s1. The second kappa shape index (κ2) is 30.2. The van der Waals surface area contributed by atoms with Gasteiger partial charge < -0.3 is 106 Å². The molecular formula is C54H83Na3O31S3. The molecule has 9 N–H and O–H groups in total. The number of ether oxygens (including phenoxy) is 10. The van der Waals surface area contributed by atoms with Crippen molar-refractivity contribution >= 4 is 43.7 Å². The van der Waals surface area contributed by atoms with Crippen LogP contribution in [0.3, 0.4) is 0 Å². The Morgan fingerprint density at radius 1 is 0.703 bits per heavy atom. The number of hydrogen-bond acceptors (Lipinski definition) is 31. The van der Waals surface area contributed by atoms with Gasteiger partial charge in [0.15, 0.2) is 25.2 Å². The summed E-state index contributed by atoms with van der Waals surface area (Å²) in [6, 6.07) is 0. The topological polar surface area (TPSA) is 474 Å². The van der Waals surface area contributed by atoms with Gasteiger partial charge in [0.25, 0.3) is 0 Å². The summed E-state index contributed by atoms with van der Waals surface area (Å²) in [6.07, 6.45) is -30.7. The Labute approximate surface area is 596 Å². The zero-order valence-electron chi connectivity index (χ0n) is 52.8. The average Bonchev–Trinajstić information content (AvgIpc) is 1.55. The maximum Gasteiger partial charge on any atom is 1.00 e. The van der Waals surface area contributed by atoms with Crippen molar-refractivity contribution in [2.24, 2.45) is 39.4 Å². The van der Waals surface area contributed by atoms with Crippen molar-refractivity contribution < 1.29 is 234 Å². The summed E-state index contributed by atoms with van der Waals surface area (Å²) in [7, 11) is -9.97. The second-order valence-corrected chi connectivity index (χ2v) is 29.5. The van der Waals surface area contributed by atoms with E-state index < -0.39 is 208 Å². The molecule has 0 bridgehead atoms. The van der Waals surface area contributed by atoms with Gasteiger partial charge in [0.05, 0.1) is 43.4 Å². The number of fused-ring (bicyclic) bond motifs is 4. The largest absolute Gasteiger partial charge is 1.00 e. The van der Waals surface area contributed by atoms with Crippen LogP contribution in [0.25, 0.3) is 0 Å². The van der Waals surface area contributed by atoms with Crippen LogP contribution in [0.15, 0.2) is 23.8 Å². The maximum absolute atomic E-state index is 14.4. The number of aliphatic hydroxyl groups is 7. The molecule has 1 spiro atoms. The molecule has 0 radical (unpaired) electrons. The first-order chi connectivity index (χ1) is 40.7. The van der Waals surface area contributed by atoms with Gasteiger partial charge in [-0.1, -0.05) is 44.9 Å². The van der Waals surface area contributed by atoms with E-state index in [1.807, 2.05) is 27.7 Å². The minimum absolute atomic E-state index is 0. The Morgan fingerprint density at radius 3 is 1.86 bits per heavy atom. The third kappa shape index (κ3) is 16.0. The van der Waals surface area contributed by atoms with Crippen molar-refractivity contribution in [3.63, 3.8) is 0 Å². The number of ketones is 1. The molecule has 37 heteroatoms. The fourth-order valence-corrected chi connectivity index (χ4v) is 17.4. The van der Waals surface area contributed by atoms with Gasteiger partial charge in [0, 0.05) is 24.7 Å². The first-order valence-corrected chi connectivity index (χ1v) is 33.3. The number of esters is 1. The minimum Gasteiger partial charge on any atom is -0.751 e. The molecule has 0 aromatic rings.